The summed E-state index contributed by atoms with van der Waals surface area (Å²) in [6.07, 6.45) is -0.560. The Morgan fingerprint density at radius 1 is 1.14 bits per heavy atom. The van der Waals surface area contributed by atoms with Crippen LogP contribution in [0.1, 0.15) is 30.9 Å². The number of ether oxygens (including phenoxy) is 1. The molecular formula is C30H37FN6O6. The summed E-state index contributed by atoms with van der Waals surface area (Å²) in [5.41, 5.74) is 2.41. The van der Waals surface area contributed by atoms with Crippen LogP contribution in [0.15, 0.2) is 47.0 Å². The van der Waals surface area contributed by atoms with Gasteiger partial charge in [0, 0.05) is 36.4 Å². The topological polar surface area (TPSA) is 149 Å². The SMILES string of the molecule is Cc1noc(C)c1NC(=O)N(C)C[C@H]1Oc2ccc(NC(=O)Nc3ccc(F)cc3)cc2CC(=O)N([C@H](C)CO)C[C@H]1C. The zero-order valence-corrected chi connectivity index (χ0v) is 24.8. The predicted octanol–water partition coefficient (Wildman–Crippen LogP) is 4.39. The highest BCUT2D eigenvalue weighted by Crippen LogP contribution is 2.29. The molecule has 0 bridgehead atoms. The number of nitrogens with one attached hydrogen (secondary N) is 3. The molecule has 0 saturated carbocycles. The highest BCUT2D eigenvalue weighted by atomic mass is 19.1. The van der Waals surface area contributed by atoms with Gasteiger partial charge in [0.15, 0.2) is 5.76 Å². The molecule has 230 valence electrons. The first-order valence-electron chi connectivity index (χ1n) is 13.9. The number of hydrogen-bond donors (Lipinski definition) is 4. The molecule has 12 nitrogen and oxygen atoms in total. The van der Waals surface area contributed by atoms with E-state index in [1.165, 1.54) is 29.2 Å². The van der Waals surface area contributed by atoms with Gasteiger partial charge in [0.1, 0.15) is 29.1 Å². The molecule has 1 aromatic heterocycles. The molecule has 0 saturated heterocycles. The molecule has 0 fully saturated rings. The van der Waals surface area contributed by atoms with Gasteiger partial charge in [0.05, 0.1) is 25.6 Å². The first-order valence-corrected chi connectivity index (χ1v) is 13.9. The number of nitrogens with zero attached hydrogens (tertiary/aromatic N) is 3. The van der Waals surface area contributed by atoms with Crippen molar-refractivity contribution in [3.8, 4) is 5.75 Å². The zero-order chi connectivity index (χ0) is 31.3. The predicted molar refractivity (Wildman–Crippen MR) is 159 cm³/mol. The molecule has 0 unspecified atom stereocenters. The van der Waals surface area contributed by atoms with E-state index >= 15 is 0 Å². The molecular weight excluding hydrogens is 559 g/mol. The van der Waals surface area contributed by atoms with Crippen molar-refractivity contribution in [2.24, 2.45) is 5.92 Å². The third-order valence-corrected chi connectivity index (χ3v) is 7.34. The summed E-state index contributed by atoms with van der Waals surface area (Å²) in [6.45, 7) is 7.39. The van der Waals surface area contributed by atoms with Crippen LogP contribution in [0.3, 0.4) is 0 Å². The lowest BCUT2D eigenvalue weighted by atomic mass is 10.0. The van der Waals surface area contributed by atoms with E-state index in [0.29, 0.717) is 46.4 Å². The van der Waals surface area contributed by atoms with E-state index < -0.39 is 24.0 Å². The third kappa shape index (κ3) is 7.80. The molecule has 3 atom stereocenters. The minimum Gasteiger partial charge on any atom is -0.488 e. The van der Waals surface area contributed by atoms with E-state index in [-0.39, 0.29) is 37.4 Å². The number of likely N-dealkylation sites (N-methyl/N-ethyl adjacent to an activating group) is 1. The lowest BCUT2D eigenvalue weighted by Crippen LogP contribution is -2.48. The van der Waals surface area contributed by atoms with Crippen LogP contribution in [0.25, 0.3) is 0 Å². The molecule has 0 spiro atoms. The highest BCUT2D eigenvalue weighted by Gasteiger charge is 2.32. The number of carbonyl (C=O) groups is 3. The second-order valence-electron chi connectivity index (χ2n) is 10.8. The average Bonchev–Trinajstić information content (AvgIpc) is 3.30. The van der Waals surface area contributed by atoms with Gasteiger partial charge in [-0.05, 0) is 63.2 Å². The van der Waals surface area contributed by atoms with Crippen LogP contribution in [-0.2, 0) is 11.2 Å². The molecule has 1 aliphatic heterocycles. The molecule has 43 heavy (non-hydrogen) atoms. The van der Waals surface area contributed by atoms with Crippen LogP contribution in [0.4, 0.5) is 31.0 Å². The Bertz CT molecular complexity index is 1440. The number of anilines is 3. The Morgan fingerprint density at radius 2 is 1.81 bits per heavy atom. The molecule has 2 heterocycles. The molecule has 13 heteroatoms. The Labute approximate surface area is 249 Å². The zero-order valence-electron chi connectivity index (χ0n) is 24.8. The maximum atomic E-state index is 13.4. The number of carbonyl (C=O) groups excluding carboxylic acids is 3. The number of aliphatic hydroxyl groups is 1. The third-order valence-electron chi connectivity index (χ3n) is 7.34. The van der Waals surface area contributed by atoms with E-state index in [9.17, 15) is 23.9 Å². The van der Waals surface area contributed by atoms with Crippen molar-refractivity contribution in [3.63, 3.8) is 0 Å². The second-order valence-corrected chi connectivity index (χ2v) is 10.8. The van der Waals surface area contributed by atoms with Gasteiger partial charge in [-0.1, -0.05) is 12.1 Å². The van der Waals surface area contributed by atoms with Crippen LogP contribution in [0, 0.1) is 25.6 Å². The number of fused-ring (bicyclic) bond motifs is 1. The first-order chi connectivity index (χ1) is 20.4. The number of aromatic nitrogens is 1. The van der Waals surface area contributed by atoms with Gasteiger partial charge in [-0.3, -0.25) is 4.79 Å². The van der Waals surface area contributed by atoms with E-state index in [0.717, 1.165) is 0 Å². The van der Waals surface area contributed by atoms with Crippen molar-refractivity contribution < 1.29 is 33.1 Å². The molecule has 2 aromatic carbocycles. The van der Waals surface area contributed by atoms with Crippen molar-refractivity contribution in [3.05, 3.63) is 65.3 Å². The van der Waals surface area contributed by atoms with Crippen molar-refractivity contribution in [2.75, 3.05) is 42.7 Å². The van der Waals surface area contributed by atoms with Crippen molar-refractivity contribution >= 4 is 35.0 Å². The fourth-order valence-corrected chi connectivity index (χ4v) is 4.77. The molecule has 4 N–H and O–H groups in total. The van der Waals surface area contributed by atoms with Gasteiger partial charge in [0.2, 0.25) is 5.91 Å². The summed E-state index contributed by atoms with van der Waals surface area (Å²) >= 11 is 0. The molecule has 0 aliphatic carbocycles. The van der Waals surface area contributed by atoms with Gasteiger partial charge in [-0.15, -0.1) is 0 Å². The van der Waals surface area contributed by atoms with Gasteiger partial charge in [0.25, 0.3) is 0 Å². The summed E-state index contributed by atoms with van der Waals surface area (Å²) in [7, 11) is 1.64. The summed E-state index contributed by atoms with van der Waals surface area (Å²) < 4.78 is 24.8. The molecule has 1 aliphatic rings. The fourth-order valence-electron chi connectivity index (χ4n) is 4.77. The van der Waals surface area contributed by atoms with Crippen LogP contribution >= 0.6 is 0 Å². The number of hydrogen-bond acceptors (Lipinski definition) is 7. The fraction of sp³-hybridized carbons (Fsp3) is 0.400. The van der Waals surface area contributed by atoms with E-state index in [4.69, 9.17) is 9.26 Å². The highest BCUT2D eigenvalue weighted by molar-refractivity contribution is 6.00. The standard InChI is InChI=1S/C30H37FN6O6/c1-17-14-37(18(2)16-38)27(39)13-21-12-24(33-29(40)32-23-8-6-22(31)7-9-23)10-11-25(21)42-26(17)15-36(5)30(41)34-28-19(3)35-43-20(28)4/h6-12,17-18,26,38H,13-16H2,1-5H3,(H,34,41)(H2,32,33,40)/t17-,18-,26-/m1/s1. The van der Waals surface area contributed by atoms with Gasteiger partial charge >= 0.3 is 12.1 Å². The summed E-state index contributed by atoms with van der Waals surface area (Å²) in [5.74, 6) is 0.0716. The van der Waals surface area contributed by atoms with Crippen molar-refractivity contribution in [1.82, 2.24) is 15.0 Å². The summed E-state index contributed by atoms with van der Waals surface area (Å²) in [6, 6.07) is 8.96. The maximum Gasteiger partial charge on any atom is 0.323 e. The normalized spacial score (nSPS) is 17.5. The summed E-state index contributed by atoms with van der Waals surface area (Å²) in [5, 5.41) is 21.9. The minimum absolute atomic E-state index is 0.0312. The quantitative estimate of drug-likeness (QED) is 0.316. The van der Waals surface area contributed by atoms with Crippen molar-refractivity contribution in [1.29, 1.82) is 0 Å². The smallest absolute Gasteiger partial charge is 0.323 e. The number of urea groups is 2. The number of rotatable bonds is 7. The van der Waals surface area contributed by atoms with E-state index in [1.54, 1.807) is 50.9 Å². The van der Waals surface area contributed by atoms with Crippen molar-refractivity contribution in [2.45, 2.75) is 46.3 Å². The van der Waals surface area contributed by atoms with Gasteiger partial charge in [-0.2, -0.15) is 0 Å². The molecule has 5 amide bonds. The Kier molecular flexibility index (Phi) is 9.86. The van der Waals surface area contributed by atoms with E-state index in [1.807, 2.05) is 6.92 Å². The minimum atomic E-state index is -0.546. The largest absolute Gasteiger partial charge is 0.488 e. The average molecular weight is 597 g/mol. The number of aliphatic hydroxyl groups excluding tert-OH is 1. The van der Waals surface area contributed by atoms with Crippen LogP contribution < -0.4 is 20.7 Å². The van der Waals surface area contributed by atoms with Crippen LogP contribution in [-0.4, -0.2) is 76.9 Å². The van der Waals surface area contributed by atoms with Crippen LogP contribution in [0.5, 0.6) is 5.75 Å². The summed E-state index contributed by atoms with van der Waals surface area (Å²) in [4.78, 5) is 42.2. The van der Waals surface area contributed by atoms with E-state index in [2.05, 4.69) is 21.1 Å². The Hall–Kier alpha value is -4.65. The first kappa shape index (κ1) is 31.3. The molecule has 3 aromatic rings. The van der Waals surface area contributed by atoms with Gasteiger partial charge in [-0.25, -0.2) is 14.0 Å². The number of amides is 5. The number of halogens is 1. The maximum absolute atomic E-state index is 13.4. The Balaban J connectivity index is 1.56. The molecule has 0 radical (unpaired) electrons. The molecule has 4 rings (SSSR count). The lowest BCUT2D eigenvalue weighted by molar-refractivity contribution is -0.134. The number of aryl methyl sites for hydroxylation is 2. The monoisotopic (exact) mass is 596 g/mol. The van der Waals surface area contributed by atoms with Gasteiger partial charge < -0.3 is 40.1 Å². The van der Waals surface area contributed by atoms with Crippen LogP contribution in [0.2, 0.25) is 0 Å². The second kappa shape index (κ2) is 13.6. The lowest BCUT2D eigenvalue weighted by Gasteiger charge is -2.34. The Morgan fingerprint density at radius 3 is 2.47 bits per heavy atom. The number of benzene rings is 2.